The highest BCUT2D eigenvalue weighted by Crippen LogP contribution is 2.31. The van der Waals surface area contributed by atoms with E-state index in [1.807, 2.05) is 36.7 Å². The molecule has 7 aromatic rings. The Morgan fingerprint density at radius 2 is 0.708 bits per heavy atom. The molecule has 0 aliphatic carbocycles. The Labute approximate surface area is 347 Å². The van der Waals surface area contributed by atoms with Crippen LogP contribution in [0.2, 0.25) is 0 Å². The summed E-state index contributed by atoms with van der Waals surface area (Å²) in [6.07, 6.45) is -3.27. The first-order valence-electron chi connectivity index (χ1n) is 17.3. The molecule has 0 amide bonds. The van der Waals surface area contributed by atoms with E-state index in [0.29, 0.717) is 0 Å². The zero-order chi connectivity index (χ0) is 48.3. The molecule has 0 radical (unpaired) electrons. The molecule has 0 spiro atoms. The molecule has 0 N–H and O–H groups in total. The van der Waals surface area contributed by atoms with Gasteiger partial charge in [-0.3, -0.25) is 10.1 Å². The number of benzene rings is 6. The lowest BCUT2D eigenvalue weighted by Crippen LogP contribution is -2.81. The summed E-state index contributed by atoms with van der Waals surface area (Å²) in [5.74, 6) is -71.4. The highest BCUT2D eigenvalue weighted by Gasteiger charge is 2.52. The molecule has 0 saturated heterocycles. The number of nitro benzene ring substituents is 1. The molecule has 25 heteroatoms. The molecule has 0 atom stereocenters. The second-order valence-corrected chi connectivity index (χ2v) is 13.5. The standard InChI is InChI=1S/C24BF20.C16H13N2O2/c26-5-1(6(27)14(35)21(42)13(5)34)25(2-7(28)15(36)22(43)16(37)8(2)29,3-9(30)17(38)23(44)18(39)10(3)31)4-11(32)19(40)24(45)20(41)12(4)33;19-18(20)16-7-6-15-12-17(9-8-14(15)10-16)11-13-4-2-1-3-5-13/h;1-10,12H,11H2/q-1;+1. The number of hydrogen-bond donors (Lipinski definition) is 0. The van der Waals surface area contributed by atoms with Gasteiger partial charge in [0, 0.05) is 34.5 Å². The van der Waals surface area contributed by atoms with Gasteiger partial charge in [-0.25, -0.2) is 92.4 Å². The van der Waals surface area contributed by atoms with E-state index in [2.05, 4.69) is 16.7 Å². The minimum Gasteiger partial charge on any atom is -0.258 e. The van der Waals surface area contributed by atoms with E-state index < -0.39 is 144 Å². The largest absolute Gasteiger partial charge is 0.270 e. The molecule has 0 fully saturated rings. The first kappa shape index (κ1) is 47.3. The van der Waals surface area contributed by atoms with Gasteiger partial charge >= 0.3 is 0 Å². The first-order chi connectivity index (χ1) is 30.4. The summed E-state index contributed by atoms with van der Waals surface area (Å²) in [5, 5.41) is 12.6. The Morgan fingerprint density at radius 3 is 1.02 bits per heavy atom. The van der Waals surface area contributed by atoms with Crippen LogP contribution in [0, 0.1) is 126 Å². The van der Waals surface area contributed by atoms with E-state index >= 15 is 35.1 Å². The highest BCUT2D eigenvalue weighted by molar-refractivity contribution is 7.20. The van der Waals surface area contributed by atoms with Crippen LogP contribution in [0.3, 0.4) is 0 Å². The second-order valence-electron chi connectivity index (χ2n) is 13.5. The Balaban J connectivity index is 0.000000289. The molecule has 0 bridgehead atoms. The van der Waals surface area contributed by atoms with Crippen molar-refractivity contribution in [2.75, 3.05) is 0 Å². The van der Waals surface area contributed by atoms with Gasteiger partial charge in [-0.1, -0.05) is 30.3 Å². The molecule has 0 aliphatic rings. The van der Waals surface area contributed by atoms with Crippen LogP contribution in [0.15, 0.2) is 67.0 Å². The molecule has 338 valence electrons. The summed E-state index contributed by atoms with van der Waals surface area (Å²) in [6.45, 7) is 0.785. The van der Waals surface area contributed by atoms with Gasteiger partial charge < -0.3 is 0 Å². The van der Waals surface area contributed by atoms with Gasteiger partial charge in [0.05, 0.1) is 4.92 Å². The molecule has 65 heavy (non-hydrogen) atoms. The van der Waals surface area contributed by atoms with Crippen LogP contribution in [-0.4, -0.2) is 11.1 Å². The Hall–Kier alpha value is -7.21. The average molecular weight is 944 g/mol. The van der Waals surface area contributed by atoms with Crippen LogP contribution in [0.5, 0.6) is 0 Å². The summed E-state index contributed by atoms with van der Waals surface area (Å²) in [7, 11) is 0. The number of pyridine rings is 1. The summed E-state index contributed by atoms with van der Waals surface area (Å²) in [6, 6.07) is 17.0. The van der Waals surface area contributed by atoms with Gasteiger partial charge in [0.15, 0.2) is 88.7 Å². The molecule has 7 rings (SSSR count). The number of nitrogens with zero attached hydrogens (tertiary/aromatic N) is 2. The monoisotopic (exact) mass is 944 g/mol. The lowest BCUT2D eigenvalue weighted by molar-refractivity contribution is -0.687. The molecule has 0 saturated carbocycles. The van der Waals surface area contributed by atoms with Crippen molar-refractivity contribution in [1.29, 1.82) is 0 Å². The van der Waals surface area contributed by atoms with Crippen LogP contribution in [0.1, 0.15) is 5.56 Å². The lowest BCUT2D eigenvalue weighted by atomic mass is 9.12. The normalized spacial score (nSPS) is 11.6. The van der Waals surface area contributed by atoms with E-state index in [0.717, 1.165) is 17.3 Å². The van der Waals surface area contributed by atoms with E-state index in [-0.39, 0.29) is 10.6 Å². The molecule has 0 aliphatic heterocycles. The average Bonchev–Trinajstić information content (AvgIpc) is 3.29. The van der Waals surface area contributed by atoms with Crippen LogP contribution in [0.25, 0.3) is 10.8 Å². The third kappa shape index (κ3) is 7.50. The zero-order valence-corrected chi connectivity index (χ0v) is 30.9. The minimum atomic E-state index is -7.22. The third-order valence-corrected chi connectivity index (χ3v) is 9.95. The van der Waals surface area contributed by atoms with E-state index in [9.17, 15) is 62.8 Å². The third-order valence-electron chi connectivity index (χ3n) is 9.95. The smallest absolute Gasteiger partial charge is 0.258 e. The molecule has 1 heterocycles. The lowest BCUT2D eigenvalue weighted by Gasteiger charge is -2.44. The maximum absolute atomic E-state index is 15.4. The number of fused-ring (bicyclic) bond motifs is 1. The van der Waals surface area contributed by atoms with Gasteiger partial charge in [-0.15, -0.1) is 21.9 Å². The van der Waals surface area contributed by atoms with Crippen molar-refractivity contribution in [1.82, 2.24) is 0 Å². The zero-order valence-electron chi connectivity index (χ0n) is 30.9. The van der Waals surface area contributed by atoms with E-state index in [1.165, 1.54) is 11.6 Å². The second kappa shape index (κ2) is 17.4. The van der Waals surface area contributed by atoms with Crippen molar-refractivity contribution in [3.63, 3.8) is 0 Å². The van der Waals surface area contributed by atoms with Crippen molar-refractivity contribution in [3.05, 3.63) is 199 Å². The van der Waals surface area contributed by atoms with Crippen molar-refractivity contribution in [2.24, 2.45) is 0 Å². The van der Waals surface area contributed by atoms with Crippen molar-refractivity contribution in [2.45, 2.75) is 6.54 Å². The maximum atomic E-state index is 15.4. The summed E-state index contributed by atoms with van der Waals surface area (Å²) in [5.41, 5.74) is -13.0. The highest BCUT2D eigenvalue weighted by atomic mass is 19.2. The van der Waals surface area contributed by atoms with Crippen LogP contribution < -0.4 is 26.4 Å². The van der Waals surface area contributed by atoms with Gasteiger partial charge in [0.2, 0.25) is 0 Å². The minimum absolute atomic E-state index is 0.123. The van der Waals surface area contributed by atoms with Gasteiger partial charge in [-0.2, -0.15) is 0 Å². The maximum Gasteiger partial charge on any atom is 0.270 e. The number of hydrogen-bond acceptors (Lipinski definition) is 2. The van der Waals surface area contributed by atoms with Crippen molar-refractivity contribution >= 4 is 44.5 Å². The fraction of sp³-hybridized carbons (Fsp3) is 0.0250. The van der Waals surface area contributed by atoms with Crippen molar-refractivity contribution < 1.29 is 97.3 Å². The molecular weight excluding hydrogens is 931 g/mol. The number of rotatable bonds is 7. The number of aromatic nitrogens is 1. The predicted molar refractivity (Wildman–Crippen MR) is 186 cm³/mol. The van der Waals surface area contributed by atoms with Crippen LogP contribution in [-0.2, 0) is 6.54 Å². The summed E-state index contributed by atoms with van der Waals surface area (Å²) >= 11 is 0. The Kier molecular flexibility index (Phi) is 12.7. The quantitative estimate of drug-likeness (QED) is 0.0305. The molecule has 4 nitrogen and oxygen atoms in total. The topological polar surface area (TPSA) is 47.0 Å². The van der Waals surface area contributed by atoms with E-state index in [4.69, 9.17) is 0 Å². The van der Waals surface area contributed by atoms with Gasteiger partial charge in [-0.05, 0) is 6.07 Å². The fourth-order valence-corrected chi connectivity index (χ4v) is 7.10. The SMILES string of the molecule is Fc1c(F)c(F)c([B-](c2c(F)c(F)c(F)c(F)c2F)(c2c(F)c(F)c(F)c(F)c2F)c2c(F)c(F)c(F)c(F)c2F)c(F)c1F.O=[N+]([O-])c1ccc2c[n+](Cc3ccccc3)ccc2c1. The van der Waals surface area contributed by atoms with E-state index in [1.54, 1.807) is 12.1 Å². The summed E-state index contributed by atoms with van der Waals surface area (Å²) < 4.78 is 296. The van der Waals surface area contributed by atoms with Crippen LogP contribution >= 0.6 is 0 Å². The van der Waals surface area contributed by atoms with Crippen LogP contribution in [0.4, 0.5) is 93.5 Å². The number of nitro groups is 1. The predicted octanol–water partition coefficient (Wildman–Crippen LogP) is 8.93. The van der Waals surface area contributed by atoms with Gasteiger partial charge in [0.25, 0.3) is 5.69 Å². The Morgan fingerprint density at radius 1 is 0.400 bits per heavy atom. The molecule has 1 aromatic heterocycles. The number of halogens is 20. The first-order valence-corrected chi connectivity index (χ1v) is 17.3. The molecule has 6 aromatic carbocycles. The summed E-state index contributed by atoms with van der Waals surface area (Å²) in [4.78, 5) is 10.4. The van der Waals surface area contributed by atoms with Crippen molar-refractivity contribution in [3.8, 4) is 0 Å². The number of non-ortho nitro benzene ring substituents is 1. The molecular formula is C40H13BF20N2O2. The Bertz CT molecular complexity index is 2740. The molecule has 0 unspecified atom stereocenters. The van der Waals surface area contributed by atoms with Gasteiger partial charge in [0.1, 0.15) is 52.7 Å². The fourth-order valence-electron chi connectivity index (χ4n) is 7.10.